The zero-order valence-electron chi connectivity index (χ0n) is 23.5. The second kappa shape index (κ2) is 10.2. The van der Waals surface area contributed by atoms with Crippen LogP contribution in [0.2, 0.25) is 0 Å². The molecule has 0 saturated heterocycles. The Balaban J connectivity index is 1.51. The van der Waals surface area contributed by atoms with E-state index in [0.717, 1.165) is 57.7 Å². The summed E-state index contributed by atoms with van der Waals surface area (Å²) >= 11 is -2.30. The van der Waals surface area contributed by atoms with Gasteiger partial charge in [0, 0.05) is 0 Å². The summed E-state index contributed by atoms with van der Waals surface area (Å²) in [5, 5.41) is 0. The first kappa shape index (κ1) is 29.2. The topological polar surface area (TPSA) is 18.5 Å². The van der Waals surface area contributed by atoms with Gasteiger partial charge < -0.3 is 0 Å². The first-order valence-corrected chi connectivity index (χ1v) is 16.0. The van der Waals surface area contributed by atoms with E-state index in [9.17, 15) is 26.3 Å². The van der Waals surface area contributed by atoms with Crippen LogP contribution in [0.3, 0.4) is 0 Å². The molecule has 44 heavy (non-hydrogen) atoms. The second-order valence-electron chi connectivity index (χ2n) is 11.7. The molecule has 222 valence electrons. The molecular weight excluding hydrogens is 658 g/mol. The van der Waals surface area contributed by atoms with Gasteiger partial charge in [-0.2, -0.15) is 0 Å². The Labute approximate surface area is 262 Å². The van der Waals surface area contributed by atoms with Gasteiger partial charge in [0.1, 0.15) is 0 Å². The van der Waals surface area contributed by atoms with Gasteiger partial charge in [0.15, 0.2) is 0 Å². The Hall–Kier alpha value is -3.58. The molecule has 7 rings (SSSR count). The predicted octanol–water partition coefficient (Wildman–Crippen LogP) is 10.2. The average Bonchev–Trinajstić information content (AvgIpc) is 3.56. The number of hydrogen-bond acceptors (Lipinski definition) is 2. The molecule has 0 fully saturated rings. The van der Waals surface area contributed by atoms with Crippen molar-refractivity contribution in [1.82, 2.24) is 0 Å². The van der Waals surface area contributed by atoms with E-state index in [1.807, 2.05) is 74.5 Å². The van der Waals surface area contributed by atoms with Crippen molar-refractivity contribution in [2.45, 2.75) is 38.0 Å². The summed E-state index contributed by atoms with van der Waals surface area (Å²) in [5.74, 6) is -0.600. The van der Waals surface area contributed by atoms with Gasteiger partial charge in [-0.3, -0.25) is 0 Å². The van der Waals surface area contributed by atoms with E-state index in [1.165, 1.54) is 12.1 Å². The minimum atomic E-state index is -4.57. The molecule has 9 heteroatoms. The fraction of sp³-hybridized carbons (Fsp3) is 0.200. The van der Waals surface area contributed by atoms with E-state index in [4.69, 9.17) is 5.63 Å². The maximum absolute atomic E-state index is 14.0. The van der Waals surface area contributed by atoms with Crippen LogP contribution >= 0.6 is 0 Å². The number of halogens is 6. The summed E-state index contributed by atoms with van der Waals surface area (Å²) in [7, 11) is 0. The fourth-order valence-corrected chi connectivity index (χ4v) is 8.22. The van der Waals surface area contributed by atoms with Crippen LogP contribution in [0.25, 0.3) is 12.2 Å². The molecule has 2 atom stereocenters. The number of hydrogen-bond donors (Lipinski definition) is 0. The van der Waals surface area contributed by atoms with Gasteiger partial charge in [-0.15, -0.1) is 0 Å². The predicted molar refractivity (Wildman–Crippen MR) is 150 cm³/mol. The van der Waals surface area contributed by atoms with Crippen molar-refractivity contribution in [2.75, 3.05) is 0 Å². The molecule has 0 bridgehead atoms. The number of allylic oxidation sites excluding steroid dienone is 2. The fourth-order valence-electron chi connectivity index (χ4n) is 6.76. The number of alkyl halides is 6. The van der Waals surface area contributed by atoms with E-state index >= 15 is 0 Å². The van der Waals surface area contributed by atoms with E-state index < -0.39 is 64.8 Å². The van der Waals surface area contributed by atoms with Gasteiger partial charge in [0.2, 0.25) is 0 Å². The monoisotopic (exact) mass is 680 g/mol. The molecule has 2 unspecified atom stereocenters. The third-order valence-electron chi connectivity index (χ3n) is 8.90. The van der Waals surface area contributed by atoms with E-state index in [1.54, 1.807) is 0 Å². The molecule has 1 aliphatic heterocycles. The van der Waals surface area contributed by atoms with Crippen molar-refractivity contribution >= 4 is 12.2 Å². The zero-order chi connectivity index (χ0) is 31.0. The van der Waals surface area contributed by atoms with Gasteiger partial charge in [0.25, 0.3) is 0 Å². The van der Waals surface area contributed by atoms with Gasteiger partial charge >= 0.3 is 264 Å². The summed E-state index contributed by atoms with van der Waals surface area (Å²) in [6, 6.07) is 22.1. The summed E-state index contributed by atoms with van der Waals surface area (Å²) in [4.78, 5) is 0. The normalized spacial score (nSPS) is 19.9. The summed E-state index contributed by atoms with van der Waals surface area (Å²) in [5.41, 5.74) is 3.51. The zero-order valence-corrected chi connectivity index (χ0v) is 25.9. The van der Waals surface area contributed by atoms with Crippen LogP contribution in [0.5, 0.6) is 11.5 Å². The quantitative estimate of drug-likeness (QED) is 0.172. The number of fused-ring (bicyclic) bond motifs is 10. The molecule has 0 radical (unpaired) electrons. The molecule has 2 nitrogen and oxygen atoms in total. The second-order valence-corrected chi connectivity index (χ2v) is 13.1. The maximum atomic E-state index is 14.0. The van der Waals surface area contributed by atoms with Crippen molar-refractivity contribution in [3.63, 3.8) is 0 Å². The Morgan fingerprint density at radius 2 is 0.977 bits per heavy atom. The van der Waals surface area contributed by atoms with E-state index in [2.05, 4.69) is 0 Å². The third-order valence-corrected chi connectivity index (χ3v) is 10.4. The molecule has 0 amide bonds. The average molecular weight is 682 g/mol. The van der Waals surface area contributed by atoms with E-state index in [0.29, 0.717) is 11.1 Å². The van der Waals surface area contributed by atoms with E-state index in [-0.39, 0.29) is 11.5 Å². The molecule has 0 spiro atoms. The minimum absolute atomic E-state index is 0.280. The standard InChI is InChI=1S/C35H26F6O2.Zr/c1-33(2,27-15-19-7-3-5-9-23(19)31(27)25-17-21(34(36,37)38)11-13-29(25)42)28-16-20-8-4-6-10-24(20)32(28)26-18-22(35(39,40)41)12-14-30(26)43;/h3-18,31-32,42-43H,1-2H3;/q;+2/p-2. The van der Waals surface area contributed by atoms with Gasteiger partial charge in [-0.1, -0.05) is 0 Å². The summed E-state index contributed by atoms with van der Waals surface area (Å²) < 4.78 is 96.6. The van der Waals surface area contributed by atoms with Crippen LogP contribution in [-0.2, 0) is 36.5 Å². The molecule has 2 aliphatic carbocycles. The van der Waals surface area contributed by atoms with Crippen molar-refractivity contribution in [3.8, 4) is 11.5 Å². The number of benzene rings is 4. The SMILES string of the molecule is CC1(C)C2=Cc3ccccc3C2c2cc(C(F)(F)F)ccc2[O][Zr][O]c2ccc(C(F)(F)F)cc2C2C1=Cc1ccccc12. The summed E-state index contributed by atoms with van der Waals surface area (Å²) in [6.07, 6.45) is -5.11. The van der Waals surface area contributed by atoms with Gasteiger partial charge in [-0.25, -0.2) is 0 Å². The Kier molecular flexibility index (Phi) is 6.78. The van der Waals surface area contributed by atoms with Gasteiger partial charge in [0.05, 0.1) is 0 Å². The van der Waals surface area contributed by atoms with Crippen LogP contribution in [0.15, 0.2) is 96.1 Å². The van der Waals surface area contributed by atoms with Gasteiger partial charge in [-0.05, 0) is 0 Å². The van der Waals surface area contributed by atoms with Crippen LogP contribution < -0.4 is 5.63 Å². The summed E-state index contributed by atoms with van der Waals surface area (Å²) in [6.45, 7) is 3.99. The first-order valence-electron chi connectivity index (χ1n) is 14.0. The van der Waals surface area contributed by atoms with Crippen LogP contribution in [-0.4, -0.2) is 0 Å². The van der Waals surface area contributed by atoms with Crippen molar-refractivity contribution in [3.05, 3.63) is 141 Å². The molecule has 3 aliphatic rings. The molecule has 1 heterocycles. The molecule has 4 aromatic carbocycles. The molecule has 0 aromatic heterocycles. The number of rotatable bonds is 0. The Morgan fingerprint density at radius 1 is 0.568 bits per heavy atom. The Morgan fingerprint density at radius 3 is 1.39 bits per heavy atom. The molecule has 0 N–H and O–H groups in total. The third kappa shape index (κ3) is 4.75. The first-order chi connectivity index (χ1) is 20.8. The Bertz CT molecular complexity index is 1730. The van der Waals surface area contributed by atoms with Crippen molar-refractivity contribution in [2.24, 2.45) is 5.41 Å². The molecule has 0 saturated carbocycles. The van der Waals surface area contributed by atoms with Crippen LogP contribution in [0.4, 0.5) is 26.3 Å². The van der Waals surface area contributed by atoms with Crippen molar-refractivity contribution < 1.29 is 56.1 Å². The molecule has 4 aromatic rings. The van der Waals surface area contributed by atoms with Crippen molar-refractivity contribution in [1.29, 1.82) is 0 Å². The molecular formula is C35H24F6O2Zr. The van der Waals surface area contributed by atoms with Crippen LogP contribution in [0.1, 0.15) is 70.2 Å². The van der Waals surface area contributed by atoms with Crippen LogP contribution in [0, 0.1) is 5.41 Å².